The zero-order valence-electron chi connectivity index (χ0n) is 26.5. The molecule has 0 radical (unpaired) electrons. The lowest BCUT2D eigenvalue weighted by molar-refractivity contribution is 0.684. The molecule has 1 nitrogen and oxygen atoms in total. The number of hydrogen-bond donors (Lipinski definition) is 0. The third kappa shape index (κ3) is 4.65. The van der Waals surface area contributed by atoms with Crippen molar-refractivity contribution >= 4 is 22.0 Å². The molecule has 0 fully saturated rings. The maximum absolute atomic E-state index is 5.48. The first-order valence-corrected chi connectivity index (χ1v) is 16.4. The summed E-state index contributed by atoms with van der Waals surface area (Å²) in [5.74, 6) is 0.858. The summed E-state index contributed by atoms with van der Waals surface area (Å²) in [5, 5.41) is 1.26. The van der Waals surface area contributed by atoms with E-state index < -0.39 is 0 Å². The van der Waals surface area contributed by atoms with E-state index in [1.807, 2.05) is 0 Å². The molecule has 0 aliphatic heterocycles. The van der Waals surface area contributed by atoms with Gasteiger partial charge in [0.1, 0.15) is 0 Å². The Hall–Kier alpha value is -4.75. The van der Waals surface area contributed by atoms with Crippen LogP contribution in [0.1, 0.15) is 84.4 Å². The topological polar surface area (TPSA) is 12.9 Å². The molecule has 0 amide bonds. The van der Waals surface area contributed by atoms with Gasteiger partial charge in [0.05, 0.1) is 11.2 Å². The minimum absolute atomic E-state index is 0.233. The Morgan fingerprint density at radius 1 is 0.800 bits per heavy atom. The van der Waals surface area contributed by atoms with Crippen molar-refractivity contribution in [3.63, 3.8) is 0 Å². The summed E-state index contributed by atoms with van der Waals surface area (Å²) in [4.78, 5) is 5.48. The molecule has 4 aliphatic rings. The van der Waals surface area contributed by atoms with Crippen molar-refractivity contribution in [2.75, 3.05) is 0 Å². The molecule has 0 saturated carbocycles. The lowest BCUT2D eigenvalue weighted by Gasteiger charge is -2.37. The highest BCUT2D eigenvalue weighted by molar-refractivity contribution is 5.99. The molecule has 1 heterocycles. The van der Waals surface area contributed by atoms with Crippen molar-refractivity contribution in [1.82, 2.24) is 4.98 Å². The quantitative estimate of drug-likeness (QED) is 0.234. The van der Waals surface area contributed by atoms with Crippen LogP contribution >= 0.6 is 0 Å². The van der Waals surface area contributed by atoms with Crippen LogP contribution < -0.4 is 0 Å². The second-order valence-corrected chi connectivity index (χ2v) is 13.2. The number of aromatic nitrogens is 1. The fourth-order valence-corrected chi connectivity index (χ4v) is 8.20. The first-order chi connectivity index (χ1) is 22.0. The molecule has 8 rings (SSSR count). The SMILES string of the molecule is C=C(C)c1ccc(C2=C(C)C=C(C3=CC=CC(c4nc5ccccc5c5c4C4C=CC=CC4c4ccccc4-5)C3)CC2)c(C)c1. The van der Waals surface area contributed by atoms with Crippen molar-refractivity contribution in [1.29, 1.82) is 0 Å². The van der Waals surface area contributed by atoms with E-state index in [1.54, 1.807) is 0 Å². The number of rotatable bonds is 4. The molecule has 3 aromatic carbocycles. The Morgan fingerprint density at radius 2 is 1.60 bits per heavy atom. The average molecular weight is 582 g/mol. The van der Waals surface area contributed by atoms with Crippen LogP contribution in [-0.2, 0) is 0 Å². The fourth-order valence-electron chi connectivity index (χ4n) is 8.20. The third-order valence-corrected chi connectivity index (χ3v) is 10.4. The summed E-state index contributed by atoms with van der Waals surface area (Å²) < 4.78 is 0. The van der Waals surface area contributed by atoms with Gasteiger partial charge < -0.3 is 0 Å². The minimum Gasteiger partial charge on any atom is -0.252 e. The van der Waals surface area contributed by atoms with Crippen LogP contribution in [0.5, 0.6) is 0 Å². The number of para-hydroxylation sites is 1. The van der Waals surface area contributed by atoms with Gasteiger partial charge in [-0.25, -0.2) is 0 Å². The van der Waals surface area contributed by atoms with E-state index in [2.05, 4.69) is 143 Å². The van der Waals surface area contributed by atoms with Crippen molar-refractivity contribution in [3.05, 3.63) is 172 Å². The Kier molecular flexibility index (Phi) is 6.79. The van der Waals surface area contributed by atoms with E-state index in [1.165, 1.54) is 72.3 Å². The van der Waals surface area contributed by atoms with E-state index in [0.717, 1.165) is 30.4 Å². The molecule has 0 spiro atoms. The van der Waals surface area contributed by atoms with Crippen LogP contribution in [0.4, 0.5) is 0 Å². The molecule has 3 unspecified atom stereocenters. The predicted molar refractivity (Wildman–Crippen MR) is 191 cm³/mol. The number of nitrogens with zero attached hydrogens (tertiary/aromatic N) is 1. The molecule has 1 aromatic heterocycles. The molecular weight excluding hydrogens is 542 g/mol. The molecule has 0 bridgehead atoms. The number of hydrogen-bond acceptors (Lipinski definition) is 1. The van der Waals surface area contributed by atoms with Crippen LogP contribution in [0.2, 0.25) is 0 Å². The Balaban J connectivity index is 1.19. The number of aryl methyl sites for hydroxylation is 1. The van der Waals surface area contributed by atoms with Gasteiger partial charge in [0, 0.05) is 23.1 Å². The monoisotopic (exact) mass is 581 g/mol. The molecule has 220 valence electrons. The highest BCUT2D eigenvalue weighted by atomic mass is 14.7. The molecule has 3 atom stereocenters. The molecule has 4 aromatic rings. The van der Waals surface area contributed by atoms with E-state index >= 15 is 0 Å². The van der Waals surface area contributed by atoms with E-state index in [9.17, 15) is 0 Å². The highest BCUT2D eigenvalue weighted by Gasteiger charge is 2.37. The van der Waals surface area contributed by atoms with Crippen molar-refractivity contribution in [2.45, 2.75) is 57.8 Å². The van der Waals surface area contributed by atoms with Crippen molar-refractivity contribution in [2.24, 2.45) is 0 Å². The average Bonchev–Trinajstić information content (AvgIpc) is 3.08. The van der Waals surface area contributed by atoms with Gasteiger partial charge in [-0.3, -0.25) is 4.98 Å². The van der Waals surface area contributed by atoms with Gasteiger partial charge in [-0.15, -0.1) is 0 Å². The van der Waals surface area contributed by atoms with Gasteiger partial charge in [0.25, 0.3) is 0 Å². The van der Waals surface area contributed by atoms with Gasteiger partial charge in [-0.1, -0.05) is 121 Å². The van der Waals surface area contributed by atoms with Gasteiger partial charge in [-0.2, -0.15) is 0 Å². The number of fused-ring (bicyclic) bond motifs is 8. The second kappa shape index (κ2) is 11.0. The lowest BCUT2D eigenvalue weighted by atomic mass is 9.67. The van der Waals surface area contributed by atoms with E-state index in [-0.39, 0.29) is 11.8 Å². The van der Waals surface area contributed by atoms with Gasteiger partial charge in [0.15, 0.2) is 0 Å². The Labute approximate surface area is 267 Å². The van der Waals surface area contributed by atoms with Crippen LogP contribution in [0.15, 0.2) is 139 Å². The summed E-state index contributed by atoms with van der Waals surface area (Å²) in [6.45, 7) is 10.7. The lowest BCUT2D eigenvalue weighted by Crippen LogP contribution is -2.21. The maximum atomic E-state index is 5.48. The van der Waals surface area contributed by atoms with Gasteiger partial charge in [-0.05, 0) is 107 Å². The Bertz CT molecular complexity index is 2090. The van der Waals surface area contributed by atoms with Gasteiger partial charge >= 0.3 is 0 Å². The van der Waals surface area contributed by atoms with Crippen LogP contribution in [0.3, 0.4) is 0 Å². The first kappa shape index (κ1) is 27.8. The zero-order chi connectivity index (χ0) is 30.7. The van der Waals surface area contributed by atoms with E-state index in [0.29, 0.717) is 5.92 Å². The molecule has 4 aliphatic carbocycles. The molecular formula is C44H39N. The second-order valence-electron chi connectivity index (χ2n) is 13.2. The standard InChI is InChI=1S/C44H39N/c1-27(2)30-20-22-34(28(3)24-30)35-23-21-32(25-29(35)4)31-12-11-13-33(26-31)44-43-39-17-8-6-15-37(39)36-14-5-7-16-38(36)42(43)40-18-9-10-19-41(40)45-44/h5-20,22,24-25,33,37,39H,1,21,23,26H2,2-4H3. The summed E-state index contributed by atoms with van der Waals surface area (Å²) in [6, 6.07) is 24.6. The summed E-state index contributed by atoms with van der Waals surface area (Å²) in [6.07, 6.45) is 21.8. The summed E-state index contributed by atoms with van der Waals surface area (Å²) >= 11 is 0. The number of pyridine rings is 1. The smallest absolute Gasteiger partial charge is 0.0712 e. The summed E-state index contributed by atoms with van der Waals surface area (Å²) in [7, 11) is 0. The normalized spacial score (nSPS) is 21.6. The van der Waals surface area contributed by atoms with Crippen LogP contribution in [-0.4, -0.2) is 4.98 Å². The zero-order valence-corrected chi connectivity index (χ0v) is 26.5. The van der Waals surface area contributed by atoms with Gasteiger partial charge in [0.2, 0.25) is 0 Å². The molecule has 45 heavy (non-hydrogen) atoms. The molecule has 0 saturated heterocycles. The predicted octanol–water partition coefficient (Wildman–Crippen LogP) is 11.7. The number of allylic oxidation sites excluding steroid dienone is 13. The largest absolute Gasteiger partial charge is 0.252 e. The van der Waals surface area contributed by atoms with Crippen molar-refractivity contribution < 1.29 is 0 Å². The van der Waals surface area contributed by atoms with Crippen molar-refractivity contribution in [3.8, 4) is 11.1 Å². The third-order valence-electron chi connectivity index (χ3n) is 10.4. The van der Waals surface area contributed by atoms with Crippen LogP contribution in [0, 0.1) is 6.92 Å². The fraction of sp³-hybridized carbons (Fsp3) is 0.205. The first-order valence-electron chi connectivity index (χ1n) is 16.4. The highest BCUT2D eigenvalue weighted by Crippen LogP contribution is 2.54. The van der Waals surface area contributed by atoms with Crippen LogP contribution in [0.25, 0.3) is 33.2 Å². The molecule has 1 heteroatoms. The minimum atomic E-state index is 0.233. The Morgan fingerprint density at radius 3 is 2.42 bits per heavy atom. The molecule has 0 N–H and O–H groups in total. The number of benzene rings is 3. The van der Waals surface area contributed by atoms with E-state index in [4.69, 9.17) is 4.98 Å². The maximum Gasteiger partial charge on any atom is 0.0712 e. The summed E-state index contributed by atoms with van der Waals surface area (Å²) in [5.41, 5.74) is 18.7.